The Labute approximate surface area is 163 Å². The van der Waals surface area contributed by atoms with Gasteiger partial charge in [0.1, 0.15) is 17.5 Å². The van der Waals surface area contributed by atoms with Gasteiger partial charge < -0.3 is 15.0 Å². The smallest absolute Gasteiger partial charge is 0.273 e. The first-order valence-electron chi connectivity index (χ1n) is 9.27. The van der Waals surface area contributed by atoms with Gasteiger partial charge in [-0.05, 0) is 49.2 Å². The van der Waals surface area contributed by atoms with Gasteiger partial charge in [0.15, 0.2) is 0 Å². The van der Waals surface area contributed by atoms with Gasteiger partial charge in [0.25, 0.3) is 5.91 Å². The minimum atomic E-state index is -0.497. The summed E-state index contributed by atoms with van der Waals surface area (Å²) in [5, 5.41) is 3.87. The summed E-state index contributed by atoms with van der Waals surface area (Å²) < 4.78 is 5.13. The van der Waals surface area contributed by atoms with Gasteiger partial charge in [0.2, 0.25) is 5.91 Å². The van der Waals surface area contributed by atoms with Crippen LogP contribution >= 0.6 is 0 Å². The van der Waals surface area contributed by atoms with Crippen molar-refractivity contribution in [1.29, 1.82) is 0 Å². The van der Waals surface area contributed by atoms with Crippen LogP contribution in [0.2, 0.25) is 0 Å². The molecule has 0 saturated carbocycles. The summed E-state index contributed by atoms with van der Waals surface area (Å²) >= 11 is 0. The Morgan fingerprint density at radius 3 is 2.64 bits per heavy atom. The lowest BCUT2D eigenvalue weighted by Gasteiger charge is -2.23. The number of likely N-dealkylation sites (tertiary alicyclic amines) is 1. The zero-order chi connectivity index (χ0) is 19.5. The molecule has 6 heteroatoms. The number of hydrogen-bond acceptors (Lipinski definition) is 4. The number of amides is 2. The summed E-state index contributed by atoms with van der Waals surface area (Å²) in [5.74, 6) is 0.327. The maximum atomic E-state index is 13.0. The van der Waals surface area contributed by atoms with Crippen LogP contribution in [0.5, 0.6) is 5.75 Å². The molecular weight excluding hydrogens is 354 g/mol. The molecule has 0 unspecified atom stereocenters. The molecule has 1 aliphatic rings. The SMILES string of the molecule is COc1ccc(NC(=O)[C@H]2CCCN2C(=O)c2ccc3ccccc3n2)cc1. The number of hydrogen-bond donors (Lipinski definition) is 1. The number of ether oxygens (including phenoxy) is 1. The average Bonchev–Trinajstić information content (AvgIpc) is 3.23. The molecule has 1 aromatic heterocycles. The van der Waals surface area contributed by atoms with E-state index in [2.05, 4.69) is 10.3 Å². The highest BCUT2D eigenvalue weighted by Crippen LogP contribution is 2.23. The average molecular weight is 375 g/mol. The van der Waals surface area contributed by atoms with E-state index < -0.39 is 6.04 Å². The third-order valence-electron chi connectivity index (χ3n) is 4.99. The van der Waals surface area contributed by atoms with Crippen LogP contribution < -0.4 is 10.1 Å². The van der Waals surface area contributed by atoms with Gasteiger partial charge in [-0.15, -0.1) is 0 Å². The van der Waals surface area contributed by atoms with Crippen molar-refractivity contribution < 1.29 is 14.3 Å². The lowest BCUT2D eigenvalue weighted by atomic mass is 10.1. The largest absolute Gasteiger partial charge is 0.497 e. The Morgan fingerprint density at radius 1 is 1.07 bits per heavy atom. The summed E-state index contributed by atoms with van der Waals surface area (Å²) in [4.78, 5) is 31.9. The van der Waals surface area contributed by atoms with Gasteiger partial charge in [-0.25, -0.2) is 4.98 Å². The fourth-order valence-corrected chi connectivity index (χ4v) is 3.51. The Morgan fingerprint density at radius 2 is 1.86 bits per heavy atom. The molecule has 1 aliphatic heterocycles. The molecule has 0 spiro atoms. The van der Waals surface area contributed by atoms with E-state index in [0.717, 1.165) is 23.1 Å². The van der Waals surface area contributed by atoms with Gasteiger partial charge in [-0.2, -0.15) is 0 Å². The highest BCUT2D eigenvalue weighted by molar-refractivity contribution is 6.01. The van der Waals surface area contributed by atoms with E-state index in [9.17, 15) is 9.59 Å². The first kappa shape index (κ1) is 18.0. The zero-order valence-electron chi connectivity index (χ0n) is 15.6. The fourth-order valence-electron chi connectivity index (χ4n) is 3.51. The normalized spacial score (nSPS) is 16.2. The number of pyridine rings is 1. The molecule has 1 atom stereocenters. The summed E-state index contributed by atoms with van der Waals surface area (Å²) in [6, 6.07) is 17.9. The van der Waals surface area contributed by atoms with Gasteiger partial charge in [-0.3, -0.25) is 9.59 Å². The monoisotopic (exact) mass is 375 g/mol. The van der Waals surface area contributed by atoms with E-state index in [4.69, 9.17) is 4.74 Å². The van der Waals surface area contributed by atoms with Crippen LogP contribution in [0.3, 0.4) is 0 Å². The number of anilines is 1. The molecule has 2 aromatic carbocycles. The van der Waals surface area contributed by atoms with Crippen LogP contribution in [0, 0.1) is 0 Å². The number of methoxy groups -OCH3 is 1. The Balaban J connectivity index is 1.51. The van der Waals surface area contributed by atoms with Crippen molar-refractivity contribution in [3.8, 4) is 5.75 Å². The van der Waals surface area contributed by atoms with Crippen LogP contribution in [0.15, 0.2) is 60.7 Å². The number of rotatable bonds is 4. The van der Waals surface area contributed by atoms with Crippen molar-refractivity contribution in [2.75, 3.05) is 19.0 Å². The molecule has 1 saturated heterocycles. The van der Waals surface area contributed by atoms with Crippen molar-refractivity contribution in [3.63, 3.8) is 0 Å². The maximum Gasteiger partial charge on any atom is 0.273 e. The number of aromatic nitrogens is 1. The van der Waals surface area contributed by atoms with Gasteiger partial charge >= 0.3 is 0 Å². The Bertz CT molecular complexity index is 1020. The molecule has 6 nitrogen and oxygen atoms in total. The van der Waals surface area contributed by atoms with Crippen molar-refractivity contribution in [3.05, 3.63) is 66.4 Å². The van der Waals surface area contributed by atoms with E-state index in [0.29, 0.717) is 24.3 Å². The maximum absolute atomic E-state index is 13.0. The predicted octanol–water partition coefficient (Wildman–Crippen LogP) is 3.49. The summed E-state index contributed by atoms with van der Waals surface area (Å²) in [7, 11) is 1.59. The quantitative estimate of drug-likeness (QED) is 0.758. The zero-order valence-corrected chi connectivity index (χ0v) is 15.6. The molecule has 0 radical (unpaired) electrons. The molecule has 3 aromatic rings. The van der Waals surface area contributed by atoms with Crippen molar-refractivity contribution >= 4 is 28.4 Å². The van der Waals surface area contributed by atoms with Gasteiger partial charge in [0, 0.05) is 17.6 Å². The fraction of sp³-hybridized carbons (Fsp3) is 0.227. The molecular formula is C22H21N3O3. The minimum Gasteiger partial charge on any atom is -0.497 e. The standard InChI is InChI=1S/C22H21N3O3/c1-28-17-11-9-16(10-12-17)23-21(26)20-7-4-14-25(20)22(27)19-13-8-15-5-2-3-6-18(15)24-19/h2-3,5-6,8-13,20H,4,7,14H2,1H3,(H,23,26)/t20-/m1/s1. The number of para-hydroxylation sites is 1. The number of nitrogens with one attached hydrogen (secondary N) is 1. The number of carbonyl (C=O) groups excluding carboxylic acids is 2. The lowest BCUT2D eigenvalue weighted by molar-refractivity contribution is -0.119. The first-order chi connectivity index (χ1) is 13.7. The minimum absolute atomic E-state index is 0.184. The van der Waals surface area contributed by atoms with Gasteiger partial charge in [-0.1, -0.05) is 24.3 Å². The number of nitrogens with zero attached hydrogens (tertiary/aromatic N) is 2. The summed E-state index contributed by atoms with van der Waals surface area (Å²) in [6.45, 7) is 0.550. The Kier molecular flexibility index (Phi) is 4.93. The molecule has 28 heavy (non-hydrogen) atoms. The number of carbonyl (C=O) groups is 2. The molecule has 2 amide bonds. The Hall–Kier alpha value is -3.41. The molecule has 0 bridgehead atoms. The summed E-state index contributed by atoms with van der Waals surface area (Å²) in [5.41, 5.74) is 1.81. The molecule has 0 aliphatic carbocycles. The van der Waals surface area contributed by atoms with Crippen LogP contribution in [0.25, 0.3) is 10.9 Å². The molecule has 4 rings (SSSR count). The van der Waals surface area contributed by atoms with Crippen LogP contribution in [0.1, 0.15) is 23.3 Å². The number of benzene rings is 2. The van der Waals surface area contributed by atoms with Crippen LogP contribution in [-0.2, 0) is 4.79 Å². The van der Waals surface area contributed by atoms with Crippen LogP contribution in [0.4, 0.5) is 5.69 Å². The first-order valence-corrected chi connectivity index (χ1v) is 9.27. The van der Waals surface area contributed by atoms with Gasteiger partial charge in [0.05, 0.1) is 12.6 Å². The summed E-state index contributed by atoms with van der Waals surface area (Å²) in [6.07, 6.45) is 1.43. The van der Waals surface area contributed by atoms with Crippen molar-refractivity contribution in [2.24, 2.45) is 0 Å². The second-order valence-corrected chi connectivity index (χ2v) is 6.76. The van der Waals surface area contributed by atoms with Crippen molar-refractivity contribution in [2.45, 2.75) is 18.9 Å². The second-order valence-electron chi connectivity index (χ2n) is 6.76. The second kappa shape index (κ2) is 7.68. The van der Waals surface area contributed by atoms with E-state index >= 15 is 0 Å². The van der Waals surface area contributed by atoms with Crippen LogP contribution in [-0.4, -0.2) is 41.4 Å². The molecule has 142 valence electrons. The highest BCUT2D eigenvalue weighted by atomic mass is 16.5. The third kappa shape index (κ3) is 3.53. The molecule has 1 N–H and O–H groups in total. The van der Waals surface area contributed by atoms with E-state index in [1.807, 2.05) is 30.3 Å². The molecule has 1 fully saturated rings. The van der Waals surface area contributed by atoms with Crippen molar-refractivity contribution in [1.82, 2.24) is 9.88 Å². The highest BCUT2D eigenvalue weighted by Gasteiger charge is 2.35. The third-order valence-corrected chi connectivity index (χ3v) is 4.99. The number of fused-ring (bicyclic) bond motifs is 1. The van der Waals surface area contributed by atoms with E-state index in [1.54, 1.807) is 42.3 Å². The molecule has 2 heterocycles. The topological polar surface area (TPSA) is 71.5 Å². The van der Waals surface area contributed by atoms with E-state index in [-0.39, 0.29) is 11.8 Å². The lowest BCUT2D eigenvalue weighted by Crippen LogP contribution is -2.43. The predicted molar refractivity (Wildman–Crippen MR) is 107 cm³/mol. The van der Waals surface area contributed by atoms with E-state index in [1.165, 1.54) is 0 Å².